The van der Waals surface area contributed by atoms with Crippen molar-refractivity contribution in [3.63, 3.8) is 0 Å². The highest BCUT2D eigenvalue weighted by molar-refractivity contribution is 4.93. The van der Waals surface area contributed by atoms with Gasteiger partial charge in [-0.2, -0.15) is 0 Å². The number of nitrogens with one attached hydrogen (secondary N) is 1. The van der Waals surface area contributed by atoms with Crippen LogP contribution in [0.15, 0.2) is 0 Å². The Hall–Kier alpha value is -0.0800. The molecule has 0 aromatic carbocycles. The SMILES string of the molecule is CCC(CC)C(CN)NCC(C1CC1)C1CC1. The summed E-state index contributed by atoms with van der Waals surface area (Å²) in [5, 5.41) is 3.79. The Balaban J connectivity index is 1.77. The molecule has 2 saturated carbocycles. The van der Waals surface area contributed by atoms with Gasteiger partial charge >= 0.3 is 0 Å². The van der Waals surface area contributed by atoms with Gasteiger partial charge in [0.2, 0.25) is 0 Å². The summed E-state index contributed by atoms with van der Waals surface area (Å²) in [5.74, 6) is 3.84. The first-order chi connectivity index (χ1) is 8.30. The lowest BCUT2D eigenvalue weighted by molar-refractivity contribution is 0.294. The van der Waals surface area contributed by atoms with Crippen LogP contribution >= 0.6 is 0 Å². The third kappa shape index (κ3) is 3.69. The summed E-state index contributed by atoms with van der Waals surface area (Å²) in [4.78, 5) is 0. The summed E-state index contributed by atoms with van der Waals surface area (Å²) in [6.45, 7) is 6.61. The van der Waals surface area contributed by atoms with Crippen LogP contribution in [0.25, 0.3) is 0 Å². The second kappa shape index (κ2) is 6.19. The van der Waals surface area contributed by atoms with Gasteiger partial charge in [-0.3, -0.25) is 0 Å². The van der Waals surface area contributed by atoms with Crippen LogP contribution in [0.5, 0.6) is 0 Å². The molecular weight excluding hydrogens is 208 g/mol. The van der Waals surface area contributed by atoms with Gasteiger partial charge in [-0.15, -0.1) is 0 Å². The fourth-order valence-electron chi connectivity index (χ4n) is 3.35. The van der Waals surface area contributed by atoms with E-state index in [2.05, 4.69) is 19.2 Å². The third-order valence-electron chi connectivity index (χ3n) is 4.94. The Morgan fingerprint density at radius 3 is 1.94 bits per heavy atom. The molecule has 0 aromatic heterocycles. The lowest BCUT2D eigenvalue weighted by Gasteiger charge is -2.27. The van der Waals surface area contributed by atoms with E-state index in [-0.39, 0.29) is 0 Å². The van der Waals surface area contributed by atoms with Gasteiger partial charge in [0.05, 0.1) is 0 Å². The van der Waals surface area contributed by atoms with E-state index in [1.807, 2.05) is 0 Å². The van der Waals surface area contributed by atoms with E-state index in [1.54, 1.807) is 0 Å². The van der Waals surface area contributed by atoms with Crippen molar-refractivity contribution in [3.8, 4) is 0 Å². The summed E-state index contributed by atoms with van der Waals surface area (Å²) in [5.41, 5.74) is 5.93. The van der Waals surface area contributed by atoms with Crippen LogP contribution < -0.4 is 11.1 Å². The van der Waals surface area contributed by atoms with Crippen molar-refractivity contribution in [1.82, 2.24) is 5.32 Å². The summed E-state index contributed by atoms with van der Waals surface area (Å²) in [6, 6.07) is 0.546. The van der Waals surface area contributed by atoms with Crippen molar-refractivity contribution in [3.05, 3.63) is 0 Å². The molecule has 3 N–H and O–H groups in total. The Kier molecular flexibility index (Phi) is 4.87. The number of hydrogen-bond acceptors (Lipinski definition) is 2. The smallest absolute Gasteiger partial charge is 0.0218 e. The molecule has 1 unspecified atom stereocenters. The summed E-state index contributed by atoms with van der Waals surface area (Å²) >= 11 is 0. The van der Waals surface area contributed by atoms with Gasteiger partial charge in [-0.1, -0.05) is 26.7 Å². The average Bonchev–Trinajstić information content (AvgIpc) is 3.20. The molecule has 1 atom stereocenters. The number of rotatable bonds is 9. The van der Waals surface area contributed by atoms with E-state index in [0.29, 0.717) is 6.04 Å². The van der Waals surface area contributed by atoms with Crippen molar-refractivity contribution in [2.45, 2.75) is 58.4 Å². The van der Waals surface area contributed by atoms with Crippen LogP contribution in [0.2, 0.25) is 0 Å². The van der Waals surface area contributed by atoms with Crippen LogP contribution in [0, 0.1) is 23.7 Å². The highest BCUT2D eigenvalue weighted by Crippen LogP contribution is 2.48. The zero-order valence-corrected chi connectivity index (χ0v) is 11.6. The van der Waals surface area contributed by atoms with Gasteiger partial charge in [0.15, 0.2) is 0 Å². The van der Waals surface area contributed by atoms with Gasteiger partial charge in [0.1, 0.15) is 0 Å². The standard InChI is InChI=1S/C15H30N2/c1-3-11(4-2)15(9-16)17-10-14(12-5-6-12)13-7-8-13/h11-15,17H,3-10,16H2,1-2H3. The average molecular weight is 238 g/mol. The topological polar surface area (TPSA) is 38.0 Å². The molecule has 0 heterocycles. The molecule has 2 rings (SSSR count). The van der Waals surface area contributed by atoms with Crippen molar-refractivity contribution in [1.29, 1.82) is 0 Å². The summed E-state index contributed by atoms with van der Waals surface area (Å²) in [7, 11) is 0. The van der Waals surface area contributed by atoms with Gasteiger partial charge < -0.3 is 11.1 Å². The lowest BCUT2D eigenvalue weighted by Crippen LogP contribution is -2.44. The van der Waals surface area contributed by atoms with Gasteiger partial charge in [0.25, 0.3) is 0 Å². The zero-order valence-electron chi connectivity index (χ0n) is 11.6. The molecule has 0 saturated heterocycles. The molecule has 0 spiro atoms. The second-order valence-corrected chi connectivity index (χ2v) is 6.17. The summed E-state index contributed by atoms with van der Waals surface area (Å²) < 4.78 is 0. The molecule has 2 heteroatoms. The van der Waals surface area contributed by atoms with E-state index < -0.39 is 0 Å². The molecule has 2 aliphatic carbocycles. The first kappa shape index (κ1) is 13.4. The minimum atomic E-state index is 0.546. The van der Waals surface area contributed by atoms with E-state index in [9.17, 15) is 0 Å². The Morgan fingerprint density at radius 2 is 1.59 bits per heavy atom. The summed E-state index contributed by atoms with van der Waals surface area (Å²) in [6.07, 6.45) is 8.45. The lowest BCUT2D eigenvalue weighted by atomic mass is 9.92. The van der Waals surface area contributed by atoms with Crippen LogP contribution in [-0.2, 0) is 0 Å². The van der Waals surface area contributed by atoms with Crippen molar-refractivity contribution in [2.75, 3.05) is 13.1 Å². The molecule has 0 amide bonds. The molecule has 0 bridgehead atoms. The fraction of sp³-hybridized carbons (Fsp3) is 1.00. The largest absolute Gasteiger partial charge is 0.329 e. The maximum absolute atomic E-state index is 5.93. The second-order valence-electron chi connectivity index (χ2n) is 6.17. The molecule has 100 valence electrons. The Labute approximate surface area is 107 Å². The number of hydrogen-bond donors (Lipinski definition) is 2. The minimum absolute atomic E-state index is 0.546. The monoisotopic (exact) mass is 238 g/mol. The molecular formula is C15H30N2. The van der Waals surface area contributed by atoms with Crippen LogP contribution in [0.1, 0.15) is 52.4 Å². The molecule has 2 aliphatic rings. The maximum Gasteiger partial charge on any atom is 0.0218 e. The van der Waals surface area contributed by atoms with Crippen molar-refractivity contribution >= 4 is 0 Å². The first-order valence-electron chi connectivity index (χ1n) is 7.73. The number of nitrogens with two attached hydrogens (primary N) is 1. The van der Waals surface area contributed by atoms with E-state index in [4.69, 9.17) is 5.73 Å². The quantitative estimate of drug-likeness (QED) is 0.648. The molecule has 17 heavy (non-hydrogen) atoms. The Morgan fingerprint density at radius 1 is 1.06 bits per heavy atom. The van der Waals surface area contributed by atoms with Crippen molar-refractivity contribution < 1.29 is 0 Å². The first-order valence-corrected chi connectivity index (χ1v) is 7.73. The fourth-order valence-corrected chi connectivity index (χ4v) is 3.35. The minimum Gasteiger partial charge on any atom is -0.329 e. The maximum atomic E-state index is 5.93. The van der Waals surface area contributed by atoms with Crippen molar-refractivity contribution in [2.24, 2.45) is 29.4 Å². The van der Waals surface area contributed by atoms with Crippen LogP contribution in [0.4, 0.5) is 0 Å². The van der Waals surface area contributed by atoms with E-state index in [1.165, 1.54) is 45.1 Å². The molecule has 0 aliphatic heterocycles. The van der Waals surface area contributed by atoms with E-state index in [0.717, 1.165) is 30.2 Å². The van der Waals surface area contributed by atoms with Gasteiger partial charge in [-0.25, -0.2) is 0 Å². The van der Waals surface area contributed by atoms with Crippen LogP contribution in [0.3, 0.4) is 0 Å². The third-order valence-corrected chi connectivity index (χ3v) is 4.94. The molecule has 0 radical (unpaired) electrons. The Bertz CT molecular complexity index is 205. The predicted octanol–water partition coefficient (Wildman–Crippen LogP) is 2.78. The van der Waals surface area contributed by atoms with Crippen LogP contribution in [-0.4, -0.2) is 19.1 Å². The van der Waals surface area contributed by atoms with E-state index >= 15 is 0 Å². The highest BCUT2D eigenvalue weighted by Gasteiger charge is 2.41. The zero-order chi connectivity index (χ0) is 12.3. The highest BCUT2D eigenvalue weighted by atomic mass is 14.9. The normalized spacial score (nSPS) is 22.4. The van der Waals surface area contributed by atoms with Gasteiger partial charge in [0, 0.05) is 12.6 Å². The molecule has 0 aromatic rings. The molecule has 2 nitrogen and oxygen atoms in total. The van der Waals surface area contributed by atoms with Gasteiger partial charge in [-0.05, 0) is 55.9 Å². The molecule has 2 fully saturated rings. The predicted molar refractivity (Wildman–Crippen MR) is 73.9 cm³/mol.